The molecule has 0 aromatic heterocycles. The second-order valence-corrected chi connectivity index (χ2v) is 10.8. The molecule has 7 nitrogen and oxygen atoms in total. The average molecular weight is 669 g/mol. The van der Waals surface area contributed by atoms with Gasteiger partial charge in [0.1, 0.15) is 24.7 Å². The van der Waals surface area contributed by atoms with Crippen molar-refractivity contribution in [2.75, 3.05) is 19.0 Å². The number of imide groups is 1. The molecule has 3 aromatic carbocycles. The van der Waals surface area contributed by atoms with E-state index in [2.05, 4.69) is 27.9 Å². The average Bonchev–Trinajstić information content (AvgIpc) is 3.12. The number of nitrogens with one attached hydrogen (secondary N) is 1. The highest BCUT2D eigenvalue weighted by Crippen LogP contribution is 2.33. The summed E-state index contributed by atoms with van der Waals surface area (Å²) in [5, 5.41) is 3.24. The minimum absolute atomic E-state index is 0.236. The van der Waals surface area contributed by atoms with Crippen LogP contribution in [-0.2, 0) is 16.2 Å². The molecule has 3 aromatic rings. The molecule has 3 amide bonds. The van der Waals surface area contributed by atoms with E-state index >= 15 is 0 Å². The SMILES string of the molecule is COc1ccc(NC(=O)CN2C(=O)S/C(=C/c3ccc(OCc4ccc(Cl)cc4Cl)c(I)c3)C2=O)cc1. The molecule has 0 radical (unpaired) electrons. The number of methoxy groups -OCH3 is 1. The molecular formula is C26H19Cl2IN2O5S. The van der Waals surface area contributed by atoms with Crippen LogP contribution in [0.3, 0.4) is 0 Å². The van der Waals surface area contributed by atoms with Gasteiger partial charge in [0, 0.05) is 21.3 Å². The molecule has 1 heterocycles. The maximum absolute atomic E-state index is 12.8. The van der Waals surface area contributed by atoms with Crippen molar-refractivity contribution in [3.8, 4) is 11.5 Å². The van der Waals surface area contributed by atoms with Crippen LogP contribution in [0.2, 0.25) is 10.0 Å². The lowest BCUT2D eigenvalue weighted by molar-refractivity contribution is -0.127. The molecule has 1 aliphatic heterocycles. The van der Waals surface area contributed by atoms with E-state index in [1.165, 1.54) is 0 Å². The molecule has 0 saturated carbocycles. The van der Waals surface area contributed by atoms with Crippen molar-refractivity contribution in [1.82, 2.24) is 4.90 Å². The van der Waals surface area contributed by atoms with E-state index in [1.807, 2.05) is 6.07 Å². The smallest absolute Gasteiger partial charge is 0.294 e. The third-order valence-electron chi connectivity index (χ3n) is 5.20. The van der Waals surface area contributed by atoms with Gasteiger partial charge in [0.05, 0.1) is 15.6 Å². The topological polar surface area (TPSA) is 84.9 Å². The molecule has 0 aliphatic carbocycles. The molecule has 1 saturated heterocycles. The summed E-state index contributed by atoms with van der Waals surface area (Å²) in [5.41, 5.74) is 2.05. The normalized spacial score (nSPS) is 14.3. The lowest BCUT2D eigenvalue weighted by Crippen LogP contribution is -2.36. The van der Waals surface area contributed by atoms with Crippen LogP contribution < -0.4 is 14.8 Å². The van der Waals surface area contributed by atoms with Crippen LogP contribution >= 0.6 is 57.6 Å². The Kier molecular flexibility index (Phi) is 9.01. The Bertz CT molecular complexity index is 1400. The molecule has 1 aliphatic rings. The summed E-state index contributed by atoms with van der Waals surface area (Å²) in [6.07, 6.45) is 1.62. The predicted octanol–water partition coefficient (Wildman–Crippen LogP) is 6.86. The standard InChI is InChI=1S/C26H19Cl2IN2O5S/c1-35-19-7-5-18(6-8-19)30-24(32)13-31-25(33)23(37-26(31)34)11-15-2-9-22(21(29)10-15)36-14-16-3-4-17(27)12-20(16)28/h2-12H,13-14H2,1H3,(H,30,32)/b23-11+. The highest BCUT2D eigenvalue weighted by atomic mass is 127. The fourth-order valence-electron chi connectivity index (χ4n) is 3.32. The zero-order valence-corrected chi connectivity index (χ0v) is 23.8. The van der Waals surface area contributed by atoms with Gasteiger partial charge in [0.25, 0.3) is 11.1 Å². The summed E-state index contributed by atoms with van der Waals surface area (Å²) in [4.78, 5) is 38.8. The van der Waals surface area contributed by atoms with Crippen molar-refractivity contribution in [3.63, 3.8) is 0 Å². The van der Waals surface area contributed by atoms with Crippen LogP contribution in [0.1, 0.15) is 11.1 Å². The minimum Gasteiger partial charge on any atom is -0.497 e. The van der Waals surface area contributed by atoms with Crippen LogP contribution in [0.25, 0.3) is 6.08 Å². The molecule has 11 heteroatoms. The number of amides is 3. The van der Waals surface area contributed by atoms with Crippen LogP contribution in [-0.4, -0.2) is 35.6 Å². The number of carbonyl (C=O) groups is 3. The number of anilines is 1. The second-order valence-electron chi connectivity index (χ2n) is 7.76. The Morgan fingerprint density at radius 1 is 1.08 bits per heavy atom. The first-order valence-electron chi connectivity index (χ1n) is 10.8. The summed E-state index contributed by atoms with van der Waals surface area (Å²) in [6.45, 7) is -0.117. The molecule has 37 heavy (non-hydrogen) atoms. The molecule has 190 valence electrons. The Labute approximate surface area is 241 Å². The number of halogens is 3. The van der Waals surface area contributed by atoms with E-state index in [0.717, 1.165) is 31.4 Å². The van der Waals surface area contributed by atoms with Crippen molar-refractivity contribution in [2.24, 2.45) is 0 Å². The lowest BCUT2D eigenvalue weighted by atomic mass is 10.2. The number of hydrogen-bond donors (Lipinski definition) is 1. The minimum atomic E-state index is -0.521. The lowest BCUT2D eigenvalue weighted by Gasteiger charge is -2.12. The maximum atomic E-state index is 12.8. The van der Waals surface area contributed by atoms with Gasteiger partial charge in [0.2, 0.25) is 5.91 Å². The van der Waals surface area contributed by atoms with E-state index in [9.17, 15) is 14.4 Å². The molecule has 1 N–H and O–H groups in total. The monoisotopic (exact) mass is 668 g/mol. The Morgan fingerprint density at radius 2 is 1.84 bits per heavy atom. The number of benzene rings is 3. The van der Waals surface area contributed by atoms with E-state index < -0.39 is 17.1 Å². The quantitative estimate of drug-likeness (QED) is 0.209. The zero-order valence-electron chi connectivity index (χ0n) is 19.3. The van der Waals surface area contributed by atoms with Crippen molar-refractivity contribution in [1.29, 1.82) is 0 Å². The van der Waals surface area contributed by atoms with Crippen molar-refractivity contribution in [2.45, 2.75) is 6.61 Å². The van der Waals surface area contributed by atoms with Crippen molar-refractivity contribution >= 4 is 86.4 Å². The fourth-order valence-corrected chi connectivity index (χ4v) is 5.32. The Morgan fingerprint density at radius 3 is 2.51 bits per heavy atom. The number of rotatable bonds is 8. The van der Waals surface area contributed by atoms with Gasteiger partial charge in [0.15, 0.2) is 0 Å². The third kappa shape index (κ3) is 6.98. The highest BCUT2D eigenvalue weighted by molar-refractivity contribution is 14.1. The molecule has 0 atom stereocenters. The Hall–Kier alpha value is -2.73. The van der Waals surface area contributed by atoms with E-state index in [4.69, 9.17) is 32.7 Å². The van der Waals surface area contributed by atoms with Crippen LogP contribution in [0.4, 0.5) is 10.5 Å². The summed E-state index contributed by atoms with van der Waals surface area (Å²) in [6, 6.07) is 17.3. The summed E-state index contributed by atoms with van der Waals surface area (Å²) in [5.74, 6) is 0.291. The number of hydrogen-bond acceptors (Lipinski definition) is 6. The van der Waals surface area contributed by atoms with Crippen LogP contribution in [0.15, 0.2) is 65.6 Å². The largest absolute Gasteiger partial charge is 0.497 e. The summed E-state index contributed by atoms with van der Waals surface area (Å²) >= 11 is 15.1. The maximum Gasteiger partial charge on any atom is 0.294 e. The Balaban J connectivity index is 1.38. The van der Waals surface area contributed by atoms with E-state index in [1.54, 1.807) is 67.8 Å². The molecular weight excluding hydrogens is 650 g/mol. The molecule has 1 fully saturated rings. The van der Waals surface area contributed by atoms with Gasteiger partial charge >= 0.3 is 0 Å². The van der Waals surface area contributed by atoms with E-state index in [-0.39, 0.29) is 18.1 Å². The number of nitrogens with zero attached hydrogens (tertiary/aromatic N) is 1. The second kappa shape index (κ2) is 12.2. The zero-order chi connectivity index (χ0) is 26.5. The van der Waals surface area contributed by atoms with Gasteiger partial charge in [-0.25, -0.2) is 0 Å². The van der Waals surface area contributed by atoms with Gasteiger partial charge in [-0.15, -0.1) is 0 Å². The molecule has 0 unspecified atom stereocenters. The third-order valence-corrected chi connectivity index (χ3v) is 7.54. The van der Waals surface area contributed by atoms with Crippen molar-refractivity contribution in [3.05, 3.63) is 90.3 Å². The van der Waals surface area contributed by atoms with Gasteiger partial charge in [-0.05, 0) is 94.5 Å². The summed E-state index contributed by atoms with van der Waals surface area (Å²) in [7, 11) is 1.54. The first kappa shape index (κ1) is 27.3. The number of thioether (sulfide) groups is 1. The van der Waals surface area contributed by atoms with Crippen molar-refractivity contribution < 1.29 is 23.9 Å². The van der Waals surface area contributed by atoms with Gasteiger partial charge < -0.3 is 14.8 Å². The fraction of sp³-hybridized carbons (Fsp3) is 0.115. The van der Waals surface area contributed by atoms with E-state index in [0.29, 0.717) is 27.2 Å². The predicted molar refractivity (Wildman–Crippen MR) is 154 cm³/mol. The molecule has 4 rings (SSSR count). The summed E-state index contributed by atoms with van der Waals surface area (Å²) < 4.78 is 11.8. The highest BCUT2D eigenvalue weighted by Gasteiger charge is 2.36. The van der Waals surface area contributed by atoms with Gasteiger partial charge in [-0.2, -0.15) is 0 Å². The van der Waals surface area contributed by atoms with Crippen LogP contribution in [0, 0.1) is 3.57 Å². The number of ether oxygens (including phenoxy) is 2. The molecule has 0 bridgehead atoms. The van der Waals surface area contributed by atoms with Gasteiger partial charge in [-0.1, -0.05) is 35.3 Å². The first-order valence-corrected chi connectivity index (χ1v) is 13.4. The molecule has 0 spiro atoms. The van der Waals surface area contributed by atoms with Gasteiger partial charge in [-0.3, -0.25) is 19.3 Å². The number of carbonyl (C=O) groups excluding carboxylic acids is 3. The first-order chi connectivity index (χ1) is 17.7. The van der Waals surface area contributed by atoms with Crippen LogP contribution in [0.5, 0.6) is 11.5 Å².